The van der Waals surface area contributed by atoms with E-state index >= 15 is 0 Å². The van der Waals surface area contributed by atoms with Crippen molar-refractivity contribution >= 4 is 17.0 Å². The van der Waals surface area contributed by atoms with Gasteiger partial charge in [-0.3, -0.25) is 24.6 Å². The minimum absolute atomic E-state index is 0.0116. The van der Waals surface area contributed by atoms with Crippen molar-refractivity contribution in [2.75, 3.05) is 24.5 Å². The van der Waals surface area contributed by atoms with E-state index in [1.54, 1.807) is 12.4 Å². The van der Waals surface area contributed by atoms with Crippen molar-refractivity contribution in [3.8, 4) is 0 Å². The smallest absolute Gasteiger partial charge is 0.255 e. The first kappa shape index (κ1) is 19.1. The maximum absolute atomic E-state index is 12.7. The number of fused-ring (bicyclic) bond motifs is 2. The van der Waals surface area contributed by atoms with Gasteiger partial charge in [0.2, 0.25) is 5.95 Å². The lowest BCUT2D eigenvalue weighted by Gasteiger charge is -2.36. The zero-order chi connectivity index (χ0) is 20.7. The van der Waals surface area contributed by atoms with Gasteiger partial charge >= 0.3 is 0 Å². The number of morpholine rings is 1. The summed E-state index contributed by atoms with van der Waals surface area (Å²) < 4.78 is 5.82. The van der Waals surface area contributed by atoms with Crippen LogP contribution in [0.4, 0.5) is 5.95 Å². The van der Waals surface area contributed by atoms with Gasteiger partial charge in [-0.15, -0.1) is 0 Å². The first-order valence-electron chi connectivity index (χ1n) is 10.5. The second-order valence-corrected chi connectivity index (χ2v) is 8.32. The summed E-state index contributed by atoms with van der Waals surface area (Å²) in [5.74, 6) is 0.656. The molecule has 0 amide bonds. The third-order valence-corrected chi connectivity index (χ3v) is 5.80. The van der Waals surface area contributed by atoms with Gasteiger partial charge in [-0.2, -0.15) is 0 Å². The molecule has 5 rings (SSSR count). The number of rotatable bonds is 3. The van der Waals surface area contributed by atoms with Crippen LogP contribution < -0.4 is 10.5 Å². The largest absolute Gasteiger partial charge is 0.372 e. The molecule has 4 heterocycles. The van der Waals surface area contributed by atoms with Crippen LogP contribution in [0.25, 0.3) is 11.0 Å². The predicted molar refractivity (Wildman–Crippen MR) is 114 cm³/mol. The Morgan fingerprint density at radius 1 is 1.13 bits per heavy atom. The normalized spacial score (nSPS) is 22.3. The van der Waals surface area contributed by atoms with Gasteiger partial charge in [0.1, 0.15) is 0 Å². The average molecular weight is 406 g/mol. The van der Waals surface area contributed by atoms with E-state index in [0.717, 1.165) is 48.5 Å². The van der Waals surface area contributed by atoms with Crippen molar-refractivity contribution in [2.24, 2.45) is 0 Å². The van der Waals surface area contributed by atoms with Crippen LogP contribution in [0.1, 0.15) is 30.7 Å². The van der Waals surface area contributed by atoms with E-state index in [4.69, 9.17) is 9.72 Å². The molecule has 0 radical (unpaired) electrons. The third kappa shape index (κ3) is 3.80. The van der Waals surface area contributed by atoms with E-state index < -0.39 is 0 Å². The number of anilines is 1. The molecular weight excluding hydrogens is 380 g/mol. The summed E-state index contributed by atoms with van der Waals surface area (Å²) in [4.78, 5) is 33.8. The molecule has 2 aliphatic rings. The van der Waals surface area contributed by atoms with Crippen LogP contribution in [0.5, 0.6) is 0 Å². The molecule has 1 saturated heterocycles. The second kappa shape index (κ2) is 7.77. The number of aromatic amines is 1. The van der Waals surface area contributed by atoms with Gasteiger partial charge in [0, 0.05) is 50.7 Å². The molecule has 3 aromatic rings. The molecule has 1 fully saturated rings. The van der Waals surface area contributed by atoms with Crippen LogP contribution in [-0.4, -0.2) is 56.7 Å². The first-order chi connectivity index (χ1) is 14.5. The van der Waals surface area contributed by atoms with E-state index in [1.165, 1.54) is 5.56 Å². The summed E-state index contributed by atoms with van der Waals surface area (Å²) in [5, 5.41) is 0. The number of hydrogen-bond donors (Lipinski definition) is 1. The highest BCUT2D eigenvalue weighted by atomic mass is 16.5. The lowest BCUT2D eigenvalue weighted by Crippen LogP contribution is -2.47. The molecule has 0 aliphatic carbocycles. The number of nitrogens with one attached hydrogen (secondary N) is 1. The highest BCUT2D eigenvalue weighted by molar-refractivity contribution is 5.74. The molecule has 8 nitrogen and oxygen atoms in total. The number of hydrogen-bond acceptors (Lipinski definition) is 7. The summed E-state index contributed by atoms with van der Waals surface area (Å²) in [6, 6.07) is 6.20. The Balaban J connectivity index is 1.37. The Morgan fingerprint density at radius 3 is 2.70 bits per heavy atom. The maximum atomic E-state index is 12.7. The number of H-pyrrole nitrogens is 1. The highest BCUT2D eigenvalue weighted by Gasteiger charge is 2.27. The Labute approximate surface area is 174 Å². The highest BCUT2D eigenvalue weighted by Crippen LogP contribution is 2.21. The zero-order valence-electron chi connectivity index (χ0n) is 17.3. The first-order valence-corrected chi connectivity index (χ1v) is 10.5. The van der Waals surface area contributed by atoms with E-state index in [0.29, 0.717) is 18.9 Å². The topological polar surface area (TPSA) is 87.2 Å². The number of aromatic nitrogens is 4. The molecule has 156 valence electrons. The fourth-order valence-corrected chi connectivity index (χ4v) is 4.48. The summed E-state index contributed by atoms with van der Waals surface area (Å²) >= 11 is 0. The van der Waals surface area contributed by atoms with Gasteiger partial charge in [0.15, 0.2) is 0 Å². The molecule has 2 aliphatic heterocycles. The van der Waals surface area contributed by atoms with E-state index in [-0.39, 0.29) is 17.8 Å². The summed E-state index contributed by atoms with van der Waals surface area (Å²) in [6.45, 7) is 7.86. The van der Waals surface area contributed by atoms with Crippen molar-refractivity contribution in [1.82, 2.24) is 24.8 Å². The molecule has 8 heteroatoms. The number of ether oxygens (including phenoxy) is 1. The second-order valence-electron chi connectivity index (χ2n) is 8.32. The predicted octanol–water partition coefficient (Wildman–Crippen LogP) is 1.88. The fourth-order valence-electron chi connectivity index (χ4n) is 4.48. The van der Waals surface area contributed by atoms with Gasteiger partial charge in [-0.05, 0) is 38.0 Å². The standard InChI is InChI=1S/C22H26N6O2/c1-14-10-28(11-15(2)30-14)22-25-20-13-27(8-5-17(20)21(29)26-22)12-16-3-4-18-19(9-16)24-7-6-23-18/h3-4,6-7,9,14-15H,5,8,10-13H2,1-2H3,(H,25,26,29). The molecule has 0 saturated carbocycles. The van der Waals surface area contributed by atoms with Crippen LogP contribution in [0.15, 0.2) is 35.4 Å². The van der Waals surface area contributed by atoms with Crippen molar-refractivity contribution < 1.29 is 4.74 Å². The summed E-state index contributed by atoms with van der Waals surface area (Å²) in [6.07, 6.45) is 4.36. The van der Waals surface area contributed by atoms with Crippen LogP contribution in [0.2, 0.25) is 0 Å². The molecule has 2 unspecified atom stereocenters. The van der Waals surface area contributed by atoms with Crippen LogP contribution in [0.3, 0.4) is 0 Å². The van der Waals surface area contributed by atoms with Crippen molar-refractivity contribution in [3.63, 3.8) is 0 Å². The van der Waals surface area contributed by atoms with Gasteiger partial charge in [0.05, 0.1) is 28.9 Å². The SMILES string of the molecule is CC1CN(c2nc3c(c(=O)[nH]2)CCN(Cc2ccc4nccnc4c2)C3)CC(C)O1. The van der Waals surface area contributed by atoms with Crippen LogP contribution in [-0.2, 0) is 24.2 Å². The minimum Gasteiger partial charge on any atom is -0.372 e. The van der Waals surface area contributed by atoms with Crippen molar-refractivity contribution in [1.29, 1.82) is 0 Å². The number of nitrogens with zero attached hydrogens (tertiary/aromatic N) is 5. The van der Waals surface area contributed by atoms with Gasteiger partial charge in [-0.25, -0.2) is 4.98 Å². The lowest BCUT2D eigenvalue weighted by molar-refractivity contribution is -0.00576. The Hall–Kier alpha value is -2.84. The molecule has 0 spiro atoms. The molecule has 2 atom stereocenters. The Bertz CT molecular complexity index is 1120. The third-order valence-electron chi connectivity index (χ3n) is 5.80. The molecular formula is C22H26N6O2. The fraction of sp³-hybridized carbons (Fsp3) is 0.455. The quantitative estimate of drug-likeness (QED) is 0.711. The summed E-state index contributed by atoms with van der Waals surface area (Å²) in [5.41, 5.74) is 4.67. The van der Waals surface area contributed by atoms with E-state index in [1.807, 2.05) is 6.07 Å². The Morgan fingerprint density at radius 2 is 1.90 bits per heavy atom. The summed E-state index contributed by atoms with van der Waals surface area (Å²) in [7, 11) is 0. The van der Waals surface area contributed by atoms with E-state index in [2.05, 4.69) is 50.7 Å². The minimum atomic E-state index is -0.0116. The molecule has 30 heavy (non-hydrogen) atoms. The molecule has 1 aromatic carbocycles. The Kier molecular flexibility index (Phi) is 4.96. The zero-order valence-corrected chi connectivity index (χ0v) is 17.3. The molecule has 2 aromatic heterocycles. The van der Waals surface area contributed by atoms with Crippen LogP contribution >= 0.6 is 0 Å². The molecule has 0 bridgehead atoms. The van der Waals surface area contributed by atoms with Gasteiger partial charge in [-0.1, -0.05) is 6.07 Å². The average Bonchev–Trinajstić information content (AvgIpc) is 2.73. The van der Waals surface area contributed by atoms with Crippen LogP contribution in [0, 0.1) is 0 Å². The van der Waals surface area contributed by atoms with Crippen molar-refractivity contribution in [3.05, 3.63) is 57.8 Å². The monoisotopic (exact) mass is 406 g/mol. The number of benzene rings is 1. The van der Waals surface area contributed by atoms with Crippen molar-refractivity contribution in [2.45, 2.75) is 45.6 Å². The van der Waals surface area contributed by atoms with E-state index in [9.17, 15) is 4.79 Å². The lowest BCUT2D eigenvalue weighted by atomic mass is 10.1. The maximum Gasteiger partial charge on any atom is 0.255 e. The van der Waals surface area contributed by atoms with Gasteiger partial charge < -0.3 is 9.64 Å². The van der Waals surface area contributed by atoms with Gasteiger partial charge in [0.25, 0.3) is 5.56 Å². The molecule has 1 N–H and O–H groups in total.